The molecule has 0 spiro atoms. The van der Waals surface area contributed by atoms with E-state index in [1.165, 1.54) is 38.5 Å². The van der Waals surface area contributed by atoms with Gasteiger partial charge in [0.05, 0.1) is 6.61 Å². The summed E-state index contributed by atoms with van der Waals surface area (Å²) in [7, 11) is 0. The normalized spacial score (nSPS) is 11.8. The average molecular weight is 400 g/mol. The summed E-state index contributed by atoms with van der Waals surface area (Å²) >= 11 is 0. The van der Waals surface area contributed by atoms with Gasteiger partial charge in [-0.25, -0.2) is 0 Å². The molecular formula is C28H33NO. The van der Waals surface area contributed by atoms with Gasteiger partial charge in [-0.15, -0.1) is 0 Å². The molecule has 0 amide bonds. The number of aryl methyl sites for hydroxylation is 1. The van der Waals surface area contributed by atoms with Crippen molar-refractivity contribution < 1.29 is 4.74 Å². The number of aromatic nitrogens is 1. The molecule has 0 atom stereocenters. The van der Waals surface area contributed by atoms with Crippen molar-refractivity contribution in [1.82, 2.24) is 4.57 Å². The molecule has 0 aliphatic carbocycles. The van der Waals surface area contributed by atoms with Crippen molar-refractivity contribution in [1.29, 1.82) is 0 Å². The maximum atomic E-state index is 5.85. The predicted molar refractivity (Wildman–Crippen MR) is 129 cm³/mol. The Morgan fingerprint density at radius 2 is 1.37 bits per heavy atom. The van der Waals surface area contributed by atoms with Crippen LogP contribution in [0, 0.1) is 11.8 Å². The molecule has 0 aliphatic heterocycles. The molecule has 0 unspecified atom stereocenters. The minimum atomic E-state index is 0.531. The Morgan fingerprint density at radius 1 is 0.733 bits per heavy atom. The van der Waals surface area contributed by atoms with Gasteiger partial charge in [0.1, 0.15) is 5.75 Å². The summed E-state index contributed by atoms with van der Waals surface area (Å²) < 4.78 is 8.34. The number of benzene rings is 3. The van der Waals surface area contributed by atoms with E-state index in [9.17, 15) is 0 Å². The number of rotatable bonds is 7. The summed E-state index contributed by atoms with van der Waals surface area (Å²) in [6.45, 7) is 12.9. The lowest BCUT2D eigenvalue weighted by Gasteiger charge is -2.11. The number of hydrogen-bond donors (Lipinski definition) is 0. The van der Waals surface area contributed by atoms with E-state index < -0.39 is 0 Å². The summed E-state index contributed by atoms with van der Waals surface area (Å²) in [6, 6.07) is 22.4. The Bertz CT molecular complexity index is 1150. The fraction of sp³-hybridized carbons (Fsp3) is 0.357. The maximum absolute atomic E-state index is 5.85. The third-order valence-corrected chi connectivity index (χ3v) is 5.66. The smallest absolute Gasteiger partial charge is 0.119 e. The molecule has 30 heavy (non-hydrogen) atoms. The van der Waals surface area contributed by atoms with Gasteiger partial charge in [0.15, 0.2) is 0 Å². The molecule has 2 heteroatoms. The van der Waals surface area contributed by atoms with Crippen molar-refractivity contribution >= 4 is 21.8 Å². The van der Waals surface area contributed by atoms with Gasteiger partial charge >= 0.3 is 0 Å². The van der Waals surface area contributed by atoms with Crippen LogP contribution >= 0.6 is 0 Å². The molecule has 0 saturated heterocycles. The van der Waals surface area contributed by atoms with Crippen LogP contribution in [0.4, 0.5) is 0 Å². The van der Waals surface area contributed by atoms with E-state index in [0.29, 0.717) is 11.8 Å². The fourth-order valence-corrected chi connectivity index (χ4v) is 4.12. The molecule has 4 aromatic rings. The largest absolute Gasteiger partial charge is 0.493 e. The predicted octanol–water partition coefficient (Wildman–Crippen LogP) is 7.71. The molecule has 4 rings (SSSR count). The second-order valence-electron chi connectivity index (χ2n) is 9.17. The molecule has 3 aromatic carbocycles. The van der Waals surface area contributed by atoms with Crippen LogP contribution in [0.25, 0.3) is 32.9 Å². The molecule has 0 fully saturated rings. The Balaban J connectivity index is 1.78. The van der Waals surface area contributed by atoms with E-state index in [1.807, 2.05) is 0 Å². The minimum absolute atomic E-state index is 0.531. The lowest BCUT2D eigenvalue weighted by Crippen LogP contribution is -2.04. The molecule has 2 nitrogen and oxygen atoms in total. The molecule has 0 bridgehead atoms. The SMILES string of the molecule is CCc1ccc2c(c1)c1cc(-c3ccc(OCC(C)C)cc3)ccc1n2CC(C)C. The van der Waals surface area contributed by atoms with Crippen LogP contribution < -0.4 is 4.74 Å². The van der Waals surface area contributed by atoms with Crippen LogP contribution in [0.2, 0.25) is 0 Å². The highest BCUT2D eigenvalue weighted by molar-refractivity contribution is 6.09. The fourth-order valence-electron chi connectivity index (χ4n) is 4.12. The van der Waals surface area contributed by atoms with Crippen LogP contribution in [0.3, 0.4) is 0 Å². The van der Waals surface area contributed by atoms with Crippen LogP contribution in [0.5, 0.6) is 5.75 Å². The Labute approximate surface area is 180 Å². The van der Waals surface area contributed by atoms with Crippen molar-refractivity contribution in [2.75, 3.05) is 6.61 Å². The molecule has 0 saturated carbocycles. The van der Waals surface area contributed by atoms with Crippen molar-refractivity contribution in [3.8, 4) is 16.9 Å². The van der Waals surface area contributed by atoms with Crippen LogP contribution in [0.1, 0.15) is 40.2 Å². The van der Waals surface area contributed by atoms with Gasteiger partial charge in [0.25, 0.3) is 0 Å². The Kier molecular flexibility index (Phi) is 5.85. The standard InChI is InChI=1S/C28H33NO/c1-6-21-7-13-27-25(15-21)26-16-23(10-14-28(26)29(27)17-19(2)3)22-8-11-24(12-9-22)30-18-20(4)5/h7-16,19-20H,6,17-18H2,1-5H3. The quantitative estimate of drug-likeness (QED) is 0.310. The zero-order chi connectivity index (χ0) is 21.3. The second kappa shape index (κ2) is 8.55. The number of ether oxygens (including phenoxy) is 1. The second-order valence-corrected chi connectivity index (χ2v) is 9.17. The molecule has 1 aromatic heterocycles. The van der Waals surface area contributed by atoms with Crippen molar-refractivity contribution in [3.05, 3.63) is 66.2 Å². The molecular weight excluding hydrogens is 366 g/mol. The van der Waals surface area contributed by atoms with Crippen LogP contribution in [-0.2, 0) is 13.0 Å². The van der Waals surface area contributed by atoms with Crippen molar-refractivity contribution in [2.45, 2.75) is 47.6 Å². The highest BCUT2D eigenvalue weighted by atomic mass is 16.5. The lowest BCUT2D eigenvalue weighted by atomic mass is 10.0. The van der Waals surface area contributed by atoms with E-state index in [1.54, 1.807) is 0 Å². The molecule has 0 N–H and O–H groups in total. The first-order chi connectivity index (χ1) is 14.5. The topological polar surface area (TPSA) is 14.2 Å². The molecule has 0 aliphatic rings. The Morgan fingerprint density at radius 3 is 2.00 bits per heavy atom. The minimum Gasteiger partial charge on any atom is -0.493 e. The third kappa shape index (κ3) is 4.09. The highest BCUT2D eigenvalue weighted by Gasteiger charge is 2.13. The summed E-state index contributed by atoms with van der Waals surface area (Å²) in [5, 5.41) is 2.71. The first-order valence-electron chi connectivity index (χ1n) is 11.2. The van der Waals surface area contributed by atoms with Gasteiger partial charge in [0, 0.05) is 28.4 Å². The molecule has 1 heterocycles. The zero-order valence-electron chi connectivity index (χ0n) is 18.9. The van der Waals surface area contributed by atoms with Gasteiger partial charge < -0.3 is 9.30 Å². The van der Waals surface area contributed by atoms with E-state index in [2.05, 4.69) is 99.8 Å². The molecule has 0 radical (unpaired) electrons. The Hall–Kier alpha value is -2.74. The van der Waals surface area contributed by atoms with Crippen molar-refractivity contribution in [3.63, 3.8) is 0 Å². The maximum Gasteiger partial charge on any atom is 0.119 e. The van der Waals surface area contributed by atoms with E-state index in [4.69, 9.17) is 4.74 Å². The van der Waals surface area contributed by atoms with Gasteiger partial charge in [-0.2, -0.15) is 0 Å². The number of nitrogens with zero attached hydrogens (tertiary/aromatic N) is 1. The summed E-state index contributed by atoms with van der Waals surface area (Å²) in [5.41, 5.74) is 6.54. The summed E-state index contributed by atoms with van der Waals surface area (Å²) in [6.07, 6.45) is 1.06. The van der Waals surface area contributed by atoms with E-state index >= 15 is 0 Å². The third-order valence-electron chi connectivity index (χ3n) is 5.66. The molecule has 156 valence electrons. The average Bonchev–Trinajstić information content (AvgIpc) is 3.04. The first-order valence-corrected chi connectivity index (χ1v) is 11.2. The van der Waals surface area contributed by atoms with Gasteiger partial charge in [-0.3, -0.25) is 0 Å². The summed E-state index contributed by atoms with van der Waals surface area (Å²) in [5.74, 6) is 2.07. The van der Waals surface area contributed by atoms with Crippen LogP contribution in [-0.4, -0.2) is 11.2 Å². The number of fused-ring (bicyclic) bond motifs is 3. The van der Waals surface area contributed by atoms with Crippen LogP contribution in [0.15, 0.2) is 60.7 Å². The van der Waals surface area contributed by atoms with E-state index in [-0.39, 0.29) is 0 Å². The van der Waals surface area contributed by atoms with Gasteiger partial charge in [-0.05, 0) is 71.3 Å². The van der Waals surface area contributed by atoms with Gasteiger partial charge in [-0.1, -0.05) is 58.9 Å². The highest BCUT2D eigenvalue weighted by Crippen LogP contribution is 2.34. The zero-order valence-corrected chi connectivity index (χ0v) is 18.9. The van der Waals surface area contributed by atoms with E-state index in [0.717, 1.165) is 25.3 Å². The first kappa shape index (κ1) is 20.5. The number of hydrogen-bond acceptors (Lipinski definition) is 1. The lowest BCUT2D eigenvalue weighted by molar-refractivity contribution is 0.271. The monoisotopic (exact) mass is 399 g/mol. The van der Waals surface area contributed by atoms with Gasteiger partial charge in [0.2, 0.25) is 0 Å². The summed E-state index contributed by atoms with van der Waals surface area (Å²) in [4.78, 5) is 0. The van der Waals surface area contributed by atoms with Crippen molar-refractivity contribution in [2.24, 2.45) is 11.8 Å².